The number of hydrogen-bond donors (Lipinski definition) is 0. The van der Waals surface area contributed by atoms with Crippen LogP contribution in [0.5, 0.6) is 0 Å². The molecule has 0 bridgehead atoms. The van der Waals surface area contributed by atoms with E-state index in [1.54, 1.807) is 0 Å². The molecule has 0 aliphatic heterocycles. The third kappa shape index (κ3) is 50.0. The number of hydrogen-bond acceptors (Lipinski definition) is 6. The number of allylic oxidation sites excluding steroid dienone is 10. The van der Waals surface area contributed by atoms with Gasteiger partial charge in [-0.15, -0.1) is 0 Å². The van der Waals surface area contributed by atoms with E-state index in [9.17, 15) is 14.4 Å². The zero-order valence-corrected chi connectivity index (χ0v) is 41.6. The molecule has 0 amide bonds. The van der Waals surface area contributed by atoms with Crippen molar-refractivity contribution >= 4 is 17.9 Å². The van der Waals surface area contributed by atoms with Gasteiger partial charge in [-0.1, -0.05) is 242 Å². The van der Waals surface area contributed by atoms with Gasteiger partial charge >= 0.3 is 17.9 Å². The summed E-state index contributed by atoms with van der Waals surface area (Å²) in [5.74, 6) is -0.879. The summed E-state index contributed by atoms with van der Waals surface area (Å²) >= 11 is 0. The summed E-state index contributed by atoms with van der Waals surface area (Å²) in [6, 6.07) is 0. The molecule has 0 aromatic carbocycles. The Balaban J connectivity index is 4.07. The number of ether oxygens (including phenoxy) is 3. The van der Waals surface area contributed by atoms with Crippen LogP contribution in [-0.4, -0.2) is 37.2 Å². The van der Waals surface area contributed by atoms with Crippen LogP contribution in [0, 0.1) is 0 Å². The van der Waals surface area contributed by atoms with Crippen LogP contribution in [0.3, 0.4) is 0 Å². The van der Waals surface area contributed by atoms with Crippen LogP contribution < -0.4 is 0 Å². The molecule has 6 heteroatoms. The normalized spacial score (nSPS) is 12.5. The van der Waals surface area contributed by atoms with Crippen molar-refractivity contribution in [3.8, 4) is 0 Å². The fourth-order valence-electron chi connectivity index (χ4n) is 7.53. The van der Waals surface area contributed by atoms with Crippen molar-refractivity contribution in [3.05, 3.63) is 60.8 Å². The van der Waals surface area contributed by atoms with Gasteiger partial charge < -0.3 is 14.2 Å². The van der Waals surface area contributed by atoms with Crippen LogP contribution >= 0.6 is 0 Å². The Labute approximate surface area is 390 Å². The Kier molecular flexibility index (Phi) is 49.4. The molecule has 0 aliphatic rings. The van der Waals surface area contributed by atoms with Crippen molar-refractivity contribution in [2.75, 3.05) is 13.2 Å². The maximum Gasteiger partial charge on any atom is 0.306 e. The summed E-state index contributed by atoms with van der Waals surface area (Å²) in [6.07, 6.45) is 63.8. The zero-order valence-electron chi connectivity index (χ0n) is 41.6. The summed E-state index contributed by atoms with van der Waals surface area (Å²) in [5, 5.41) is 0. The molecular weight excluding hydrogens is 781 g/mol. The van der Waals surface area contributed by atoms with Crippen molar-refractivity contribution in [2.45, 2.75) is 271 Å². The molecule has 63 heavy (non-hydrogen) atoms. The lowest BCUT2D eigenvalue weighted by Gasteiger charge is -2.18. The molecule has 1 unspecified atom stereocenters. The van der Waals surface area contributed by atoms with Crippen molar-refractivity contribution in [1.29, 1.82) is 0 Å². The lowest BCUT2D eigenvalue weighted by Crippen LogP contribution is -2.30. The lowest BCUT2D eigenvalue weighted by atomic mass is 10.0. The first-order valence-corrected chi connectivity index (χ1v) is 26.8. The van der Waals surface area contributed by atoms with Gasteiger partial charge in [-0.2, -0.15) is 0 Å². The van der Waals surface area contributed by atoms with Gasteiger partial charge in [0.1, 0.15) is 13.2 Å². The van der Waals surface area contributed by atoms with E-state index in [1.807, 2.05) is 0 Å². The molecule has 0 saturated heterocycles. The smallest absolute Gasteiger partial charge is 0.306 e. The summed E-state index contributed by atoms with van der Waals surface area (Å²) in [7, 11) is 0. The maximum atomic E-state index is 12.7. The Morgan fingerprint density at radius 2 is 0.619 bits per heavy atom. The quantitative estimate of drug-likeness (QED) is 0.0262. The second-order valence-corrected chi connectivity index (χ2v) is 17.8. The zero-order chi connectivity index (χ0) is 45.8. The molecule has 1 atom stereocenters. The average molecular weight is 881 g/mol. The van der Waals surface area contributed by atoms with Gasteiger partial charge in [-0.25, -0.2) is 0 Å². The van der Waals surface area contributed by atoms with E-state index < -0.39 is 6.10 Å². The molecule has 0 spiro atoms. The van der Waals surface area contributed by atoms with Crippen LogP contribution in [0.4, 0.5) is 0 Å². The molecule has 0 heterocycles. The van der Waals surface area contributed by atoms with Crippen LogP contribution in [0.15, 0.2) is 60.8 Å². The molecule has 6 nitrogen and oxygen atoms in total. The Morgan fingerprint density at radius 1 is 0.333 bits per heavy atom. The average Bonchev–Trinajstić information content (AvgIpc) is 3.28. The standard InChI is InChI=1S/C57H100O6/c1-4-7-10-13-16-18-20-22-23-24-25-26-27-28-29-30-31-32-33-34-35-36-38-39-41-44-47-50-56(59)62-53-54(52-61-55(58)49-46-43-15-12-9-6-3)63-57(60)51-48-45-42-40-37-21-19-17-14-11-8-5-2/h7,10,16,18,22-23,25-26,28-29,54H,4-6,8-9,11-15,17,19-21,24,27,30-53H2,1-3H3/b10-7-,18-16-,23-22-,26-25-,29-28-. The first-order valence-electron chi connectivity index (χ1n) is 26.8. The molecular formula is C57H100O6. The largest absolute Gasteiger partial charge is 0.462 e. The maximum absolute atomic E-state index is 12.7. The highest BCUT2D eigenvalue weighted by Crippen LogP contribution is 2.15. The number of carbonyl (C=O) groups is 3. The minimum Gasteiger partial charge on any atom is -0.462 e. The minimum absolute atomic E-state index is 0.0722. The van der Waals surface area contributed by atoms with Crippen LogP contribution in [0.25, 0.3) is 0 Å². The van der Waals surface area contributed by atoms with E-state index in [1.165, 1.54) is 135 Å². The van der Waals surface area contributed by atoms with Gasteiger partial charge in [0, 0.05) is 19.3 Å². The topological polar surface area (TPSA) is 78.9 Å². The molecule has 364 valence electrons. The van der Waals surface area contributed by atoms with E-state index >= 15 is 0 Å². The van der Waals surface area contributed by atoms with E-state index in [0.717, 1.165) is 89.9 Å². The van der Waals surface area contributed by atoms with E-state index in [4.69, 9.17) is 14.2 Å². The van der Waals surface area contributed by atoms with Crippen molar-refractivity contribution in [2.24, 2.45) is 0 Å². The first kappa shape index (κ1) is 60.1. The minimum atomic E-state index is -0.767. The number of rotatable bonds is 48. The Hall–Kier alpha value is -2.89. The fraction of sp³-hybridized carbons (Fsp3) is 0.772. The van der Waals surface area contributed by atoms with Gasteiger partial charge in [0.15, 0.2) is 6.10 Å². The molecule has 0 aromatic heterocycles. The first-order chi connectivity index (χ1) is 31.0. The Morgan fingerprint density at radius 3 is 0.968 bits per heavy atom. The van der Waals surface area contributed by atoms with Crippen LogP contribution in [0.2, 0.25) is 0 Å². The van der Waals surface area contributed by atoms with Gasteiger partial charge in [-0.05, 0) is 64.2 Å². The van der Waals surface area contributed by atoms with Crippen molar-refractivity contribution in [1.82, 2.24) is 0 Å². The number of esters is 3. The Bertz CT molecular complexity index is 1150. The van der Waals surface area contributed by atoms with Gasteiger partial charge in [0.25, 0.3) is 0 Å². The third-order valence-electron chi connectivity index (χ3n) is 11.5. The third-order valence-corrected chi connectivity index (χ3v) is 11.5. The molecule has 0 N–H and O–H groups in total. The summed E-state index contributed by atoms with van der Waals surface area (Å²) < 4.78 is 16.7. The predicted molar refractivity (Wildman–Crippen MR) is 270 cm³/mol. The predicted octanol–water partition coefficient (Wildman–Crippen LogP) is 17.6. The van der Waals surface area contributed by atoms with E-state index in [-0.39, 0.29) is 31.1 Å². The number of carbonyl (C=O) groups excluding carboxylic acids is 3. The highest BCUT2D eigenvalue weighted by atomic mass is 16.6. The van der Waals surface area contributed by atoms with Crippen molar-refractivity contribution < 1.29 is 28.6 Å². The molecule has 0 radical (unpaired) electrons. The summed E-state index contributed by atoms with van der Waals surface area (Å²) in [5.41, 5.74) is 0. The molecule has 0 aromatic rings. The van der Waals surface area contributed by atoms with Crippen LogP contribution in [0.1, 0.15) is 265 Å². The van der Waals surface area contributed by atoms with E-state index in [0.29, 0.717) is 19.3 Å². The summed E-state index contributed by atoms with van der Waals surface area (Å²) in [6.45, 7) is 6.47. The second kappa shape index (κ2) is 51.7. The summed E-state index contributed by atoms with van der Waals surface area (Å²) in [4.78, 5) is 37.7. The van der Waals surface area contributed by atoms with Gasteiger partial charge in [0.2, 0.25) is 0 Å². The number of unbranched alkanes of at least 4 members (excludes halogenated alkanes) is 27. The van der Waals surface area contributed by atoms with Gasteiger partial charge in [0.05, 0.1) is 0 Å². The molecule has 0 fully saturated rings. The molecule has 0 aliphatic carbocycles. The lowest BCUT2D eigenvalue weighted by molar-refractivity contribution is -0.167. The highest BCUT2D eigenvalue weighted by molar-refractivity contribution is 5.71. The second-order valence-electron chi connectivity index (χ2n) is 17.8. The highest BCUT2D eigenvalue weighted by Gasteiger charge is 2.19. The van der Waals surface area contributed by atoms with Crippen molar-refractivity contribution in [3.63, 3.8) is 0 Å². The van der Waals surface area contributed by atoms with E-state index in [2.05, 4.69) is 81.5 Å². The van der Waals surface area contributed by atoms with Crippen LogP contribution in [-0.2, 0) is 28.6 Å². The monoisotopic (exact) mass is 881 g/mol. The van der Waals surface area contributed by atoms with Gasteiger partial charge in [-0.3, -0.25) is 14.4 Å². The fourth-order valence-corrected chi connectivity index (χ4v) is 7.53. The molecule has 0 rings (SSSR count). The SMILES string of the molecule is CC/C=C\C/C=C\C/C=C\C/C=C\C/C=C\CCCCCCCCCCCCCC(=O)OCC(COC(=O)CCCCCCCC)OC(=O)CCCCCCCCCCCCCC. The molecule has 0 saturated carbocycles.